The fourth-order valence-electron chi connectivity index (χ4n) is 0.918. The Kier molecular flexibility index (Phi) is 3.50. The van der Waals surface area contributed by atoms with Crippen LogP contribution in [0.1, 0.15) is 18.1 Å². The summed E-state index contributed by atoms with van der Waals surface area (Å²) in [5, 5.41) is 17.8. The number of nitrogens with zero attached hydrogens (tertiary/aromatic N) is 1. The third-order valence-corrected chi connectivity index (χ3v) is 2.19. The molecule has 1 aromatic rings. The number of aliphatic hydroxyl groups excluding tert-OH is 1. The molecular formula is C9H8INO. The van der Waals surface area contributed by atoms with Gasteiger partial charge in [-0.15, -0.1) is 0 Å². The Balaban J connectivity index is 2.82. The highest BCUT2D eigenvalue weighted by atomic mass is 127. The quantitative estimate of drug-likeness (QED) is 0.840. The summed E-state index contributed by atoms with van der Waals surface area (Å²) in [7, 11) is 0. The van der Waals surface area contributed by atoms with Crippen LogP contribution in [0, 0.1) is 14.9 Å². The first kappa shape index (κ1) is 9.49. The van der Waals surface area contributed by atoms with Gasteiger partial charge in [-0.2, -0.15) is 5.26 Å². The second kappa shape index (κ2) is 4.43. The minimum absolute atomic E-state index is 0.153. The molecule has 1 unspecified atom stereocenters. The molecule has 0 heterocycles. The van der Waals surface area contributed by atoms with Crippen molar-refractivity contribution in [1.82, 2.24) is 0 Å². The van der Waals surface area contributed by atoms with Gasteiger partial charge in [0.1, 0.15) is 0 Å². The number of hydrogen-bond acceptors (Lipinski definition) is 2. The largest absolute Gasteiger partial charge is 0.387 e. The van der Waals surface area contributed by atoms with Crippen LogP contribution in [0.5, 0.6) is 0 Å². The smallest absolute Gasteiger partial charge is 0.0920 e. The maximum atomic E-state index is 9.42. The molecule has 1 N–H and O–H groups in total. The molecule has 1 aromatic carbocycles. The molecular weight excluding hydrogens is 265 g/mol. The van der Waals surface area contributed by atoms with Crippen LogP contribution in [0.25, 0.3) is 0 Å². The summed E-state index contributed by atoms with van der Waals surface area (Å²) in [6.45, 7) is 0. The lowest BCUT2D eigenvalue weighted by Gasteiger charge is -2.05. The summed E-state index contributed by atoms with van der Waals surface area (Å²) >= 11 is 2.17. The molecule has 0 bridgehead atoms. The monoisotopic (exact) mass is 273 g/mol. The molecule has 0 aliphatic rings. The van der Waals surface area contributed by atoms with Gasteiger partial charge in [0, 0.05) is 3.57 Å². The second-order valence-corrected chi connectivity index (χ2v) is 3.68. The topological polar surface area (TPSA) is 44.0 Å². The van der Waals surface area contributed by atoms with Gasteiger partial charge in [-0.3, -0.25) is 0 Å². The average Bonchev–Trinajstić information content (AvgIpc) is 2.05. The van der Waals surface area contributed by atoms with Crippen LogP contribution in [-0.2, 0) is 0 Å². The standard InChI is InChI=1S/C9H8INO/c10-8-3-1-2-7(6-8)9(12)4-5-11/h1-3,6,9,12H,4H2. The van der Waals surface area contributed by atoms with E-state index in [-0.39, 0.29) is 6.42 Å². The van der Waals surface area contributed by atoms with E-state index in [9.17, 15) is 5.11 Å². The molecule has 0 aliphatic carbocycles. The van der Waals surface area contributed by atoms with Gasteiger partial charge in [0.05, 0.1) is 18.6 Å². The molecule has 0 radical (unpaired) electrons. The van der Waals surface area contributed by atoms with Crippen LogP contribution >= 0.6 is 22.6 Å². The molecule has 0 aliphatic heterocycles. The highest BCUT2D eigenvalue weighted by Crippen LogP contribution is 2.17. The van der Waals surface area contributed by atoms with E-state index >= 15 is 0 Å². The maximum absolute atomic E-state index is 9.42. The van der Waals surface area contributed by atoms with Crippen molar-refractivity contribution < 1.29 is 5.11 Å². The lowest BCUT2D eigenvalue weighted by atomic mass is 10.1. The Labute approximate surface area is 85.0 Å². The minimum Gasteiger partial charge on any atom is -0.387 e. The predicted molar refractivity (Wildman–Crippen MR) is 54.3 cm³/mol. The zero-order valence-corrected chi connectivity index (χ0v) is 8.52. The molecule has 3 heteroatoms. The fraction of sp³-hybridized carbons (Fsp3) is 0.222. The number of rotatable bonds is 2. The van der Waals surface area contributed by atoms with Crippen LogP contribution in [0.2, 0.25) is 0 Å². The highest BCUT2D eigenvalue weighted by Gasteiger charge is 2.05. The number of aliphatic hydroxyl groups is 1. The van der Waals surface area contributed by atoms with E-state index in [1.165, 1.54) is 0 Å². The maximum Gasteiger partial charge on any atom is 0.0920 e. The summed E-state index contributed by atoms with van der Waals surface area (Å²) in [6.07, 6.45) is -0.496. The van der Waals surface area contributed by atoms with E-state index in [2.05, 4.69) is 22.6 Å². The summed E-state index contributed by atoms with van der Waals surface area (Å²) in [6, 6.07) is 9.45. The van der Waals surface area contributed by atoms with Crippen molar-refractivity contribution in [2.24, 2.45) is 0 Å². The molecule has 0 saturated carbocycles. The summed E-state index contributed by atoms with van der Waals surface area (Å²) in [5.74, 6) is 0. The van der Waals surface area contributed by atoms with Crippen molar-refractivity contribution in [3.8, 4) is 6.07 Å². The van der Waals surface area contributed by atoms with Crippen molar-refractivity contribution in [2.45, 2.75) is 12.5 Å². The van der Waals surface area contributed by atoms with Crippen LogP contribution in [0.4, 0.5) is 0 Å². The number of hydrogen-bond donors (Lipinski definition) is 1. The number of halogens is 1. The van der Waals surface area contributed by atoms with Crippen molar-refractivity contribution in [3.63, 3.8) is 0 Å². The second-order valence-electron chi connectivity index (χ2n) is 2.43. The molecule has 0 amide bonds. The van der Waals surface area contributed by atoms with Gasteiger partial charge in [0.25, 0.3) is 0 Å². The van der Waals surface area contributed by atoms with Crippen molar-refractivity contribution in [3.05, 3.63) is 33.4 Å². The van der Waals surface area contributed by atoms with Crippen molar-refractivity contribution in [2.75, 3.05) is 0 Å². The van der Waals surface area contributed by atoms with Gasteiger partial charge in [-0.25, -0.2) is 0 Å². The third kappa shape index (κ3) is 2.47. The average molecular weight is 273 g/mol. The Morgan fingerprint density at radius 3 is 2.92 bits per heavy atom. The number of nitriles is 1. The molecule has 0 fully saturated rings. The molecule has 12 heavy (non-hydrogen) atoms. The predicted octanol–water partition coefficient (Wildman–Crippen LogP) is 2.24. The van der Waals surface area contributed by atoms with Gasteiger partial charge in [0.15, 0.2) is 0 Å². The summed E-state index contributed by atoms with van der Waals surface area (Å²) in [4.78, 5) is 0. The molecule has 62 valence electrons. The molecule has 1 atom stereocenters. The Morgan fingerprint density at radius 2 is 2.33 bits per heavy atom. The van der Waals surface area contributed by atoms with E-state index in [0.29, 0.717) is 0 Å². The molecule has 2 nitrogen and oxygen atoms in total. The van der Waals surface area contributed by atoms with E-state index in [4.69, 9.17) is 5.26 Å². The van der Waals surface area contributed by atoms with Crippen LogP contribution in [0.15, 0.2) is 24.3 Å². The van der Waals surface area contributed by atoms with Gasteiger partial charge in [0.2, 0.25) is 0 Å². The molecule has 0 aromatic heterocycles. The van der Waals surface area contributed by atoms with Crippen LogP contribution in [0.3, 0.4) is 0 Å². The lowest BCUT2D eigenvalue weighted by Crippen LogP contribution is -1.95. The van der Waals surface area contributed by atoms with Gasteiger partial charge < -0.3 is 5.11 Å². The Hall–Kier alpha value is -0.600. The number of benzene rings is 1. The summed E-state index contributed by atoms with van der Waals surface area (Å²) < 4.78 is 1.07. The first-order chi connectivity index (χ1) is 5.74. The van der Waals surface area contributed by atoms with Gasteiger partial charge >= 0.3 is 0 Å². The highest BCUT2D eigenvalue weighted by molar-refractivity contribution is 14.1. The van der Waals surface area contributed by atoms with Crippen LogP contribution < -0.4 is 0 Å². The lowest BCUT2D eigenvalue weighted by molar-refractivity contribution is 0.183. The first-order valence-electron chi connectivity index (χ1n) is 3.54. The van der Waals surface area contributed by atoms with Gasteiger partial charge in [-0.1, -0.05) is 12.1 Å². The van der Waals surface area contributed by atoms with Crippen molar-refractivity contribution in [1.29, 1.82) is 5.26 Å². The molecule has 0 spiro atoms. The zero-order chi connectivity index (χ0) is 8.97. The first-order valence-corrected chi connectivity index (χ1v) is 4.62. The van der Waals surface area contributed by atoms with E-state index in [1.54, 1.807) is 0 Å². The SMILES string of the molecule is N#CCC(O)c1cccc(I)c1. The zero-order valence-electron chi connectivity index (χ0n) is 6.37. The van der Waals surface area contributed by atoms with E-state index < -0.39 is 6.10 Å². The molecule has 0 saturated heterocycles. The third-order valence-electron chi connectivity index (χ3n) is 1.52. The normalized spacial score (nSPS) is 12.1. The minimum atomic E-state index is -0.648. The summed E-state index contributed by atoms with van der Waals surface area (Å²) in [5.41, 5.74) is 0.809. The van der Waals surface area contributed by atoms with Crippen LogP contribution in [-0.4, -0.2) is 5.11 Å². The Bertz CT molecular complexity index is 306. The Morgan fingerprint density at radius 1 is 1.58 bits per heavy atom. The molecule has 1 rings (SSSR count). The van der Waals surface area contributed by atoms with Gasteiger partial charge in [-0.05, 0) is 40.3 Å². The fourth-order valence-corrected chi connectivity index (χ4v) is 1.49. The van der Waals surface area contributed by atoms with E-state index in [0.717, 1.165) is 9.13 Å². The van der Waals surface area contributed by atoms with E-state index in [1.807, 2.05) is 30.3 Å². The van der Waals surface area contributed by atoms with Crippen molar-refractivity contribution >= 4 is 22.6 Å².